The Labute approximate surface area is 182 Å². The molecule has 7 heteroatoms. The lowest BCUT2D eigenvalue weighted by molar-refractivity contribution is 0.101. The summed E-state index contributed by atoms with van der Waals surface area (Å²) in [6, 6.07) is 15.0. The van der Waals surface area contributed by atoms with Crippen LogP contribution in [0.25, 0.3) is 0 Å². The van der Waals surface area contributed by atoms with Crippen LogP contribution in [0.4, 0.5) is 15.3 Å². The zero-order valence-electron chi connectivity index (χ0n) is 17.8. The van der Waals surface area contributed by atoms with Gasteiger partial charge in [-0.15, -0.1) is 0 Å². The Balaban J connectivity index is 1.23. The van der Waals surface area contributed by atoms with Gasteiger partial charge in [0.05, 0.1) is 0 Å². The van der Waals surface area contributed by atoms with Gasteiger partial charge in [-0.2, -0.15) is 0 Å². The van der Waals surface area contributed by atoms with Crippen LogP contribution in [0.3, 0.4) is 0 Å². The molecule has 2 aliphatic heterocycles. The van der Waals surface area contributed by atoms with Gasteiger partial charge in [-0.3, -0.25) is 4.79 Å². The van der Waals surface area contributed by atoms with Crippen molar-refractivity contribution in [1.82, 2.24) is 15.1 Å². The number of hydrogen-bond donors (Lipinski definition) is 2. The standard InChI is InChI=1S/C24H28N4O3/c1-17(29)18-6-8-21(9-7-18)25-23(30)27-14-11-22(12-15-27)26-24(31)28-13-10-19-4-2-3-5-20(19)16-28/h2-9,22H,10-16H2,1H3,(H,25,30)(H,26,31). The van der Waals surface area contributed by atoms with Crippen LogP contribution in [0.15, 0.2) is 48.5 Å². The number of hydrogen-bond acceptors (Lipinski definition) is 3. The largest absolute Gasteiger partial charge is 0.335 e. The molecule has 4 amide bonds. The molecule has 2 aromatic rings. The van der Waals surface area contributed by atoms with E-state index in [0.29, 0.717) is 30.9 Å². The summed E-state index contributed by atoms with van der Waals surface area (Å²) in [7, 11) is 0. The summed E-state index contributed by atoms with van der Waals surface area (Å²) in [6.45, 7) is 4.06. The average Bonchev–Trinajstić information content (AvgIpc) is 2.79. The summed E-state index contributed by atoms with van der Waals surface area (Å²) in [4.78, 5) is 40.2. The number of likely N-dealkylation sites (tertiary alicyclic amines) is 1. The third-order valence-electron chi connectivity index (χ3n) is 6.07. The number of ketones is 1. The van der Waals surface area contributed by atoms with E-state index in [2.05, 4.69) is 22.8 Å². The SMILES string of the molecule is CC(=O)c1ccc(NC(=O)N2CCC(NC(=O)N3CCc4ccccc4C3)CC2)cc1. The van der Waals surface area contributed by atoms with Gasteiger partial charge in [0, 0.05) is 43.5 Å². The smallest absolute Gasteiger partial charge is 0.321 e. The Kier molecular flexibility index (Phi) is 6.21. The van der Waals surface area contributed by atoms with Crippen LogP contribution < -0.4 is 10.6 Å². The van der Waals surface area contributed by atoms with Crippen molar-refractivity contribution in [2.75, 3.05) is 25.0 Å². The number of nitrogens with one attached hydrogen (secondary N) is 2. The van der Waals surface area contributed by atoms with E-state index in [9.17, 15) is 14.4 Å². The number of Topliss-reactive ketones (excluding diaryl/α,β-unsaturated/α-hetero) is 1. The van der Waals surface area contributed by atoms with Gasteiger partial charge in [0.15, 0.2) is 5.78 Å². The molecule has 0 saturated carbocycles. The summed E-state index contributed by atoms with van der Waals surface area (Å²) in [6.07, 6.45) is 2.34. The Morgan fingerprint density at radius 3 is 2.19 bits per heavy atom. The predicted molar refractivity (Wildman–Crippen MR) is 119 cm³/mol. The monoisotopic (exact) mass is 420 g/mol. The molecule has 31 heavy (non-hydrogen) atoms. The summed E-state index contributed by atoms with van der Waals surface area (Å²) < 4.78 is 0. The molecule has 2 heterocycles. The summed E-state index contributed by atoms with van der Waals surface area (Å²) in [5.74, 6) is -0.00393. The predicted octanol–water partition coefficient (Wildman–Crippen LogP) is 3.65. The van der Waals surface area contributed by atoms with Gasteiger partial charge in [-0.05, 0) is 61.6 Å². The number of carbonyl (C=O) groups is 3. The molecule has 7 nitrogen and oxygen atoms in total. The molecule has 2 aromatic carbocycles. The number of rotatable bonds is 3. The maximum Gasteiger partial charge on any atom is 0.321 e. The molecule has 2 N–H and O–H groups in total. The lowest BCUT2D eigenvalue weighted by atomic mass is 10.00. The van der Waals surface area contributed by atoms with Crippen molar-refractivity contribution in [1.29, 1.82) is 0 Å². The van der Waals surface area contributed by atoms with E-state index in [1.165, 1.54) is 18.1 Å². The van der Waals surface area contributed by atoms with Gasteiger partial charge >= 0.3 is 12.1 Å². The third kappa shape index (κ3) is 5.05. The van der Waals surface area contributed by atoms with Crippen molar-refractivity contribution in [3.05, 3.63) is 65.2 Å². The number of piperidine rings is 1. The van der Waals surface area contributed by atoms with Crippen LogP contribution in [-0.4, -0.2) is 53.3 Å². The van der Waals surface area contributed by atoms with E-state index in [1.807, 2.05) is 17.0 Å². The van der Waals surface area contributed by atoms with Crippen molar-refractivity contribution in [3.63, 3.8) is 0 Å². The van der Waals surface area contributed by atoms with Crippen LogP contribution in [-0.2, 0) is 13.0 Å². The van der Waals surface area contributed by atoms with E-state index in [-0.39, 0.29) is 23.9 Å². The first-order valence-corrected chi connectivity index (χ1v) is 10.8. The van der Waals surface area contributed by atoms with Gasteiger partial charge in [0.2, 0.25) is 0 Å². The van der Waals surface area contributed by atoms with Crippen molar-refractivity contribution < 1.29 is 14.4 Å². The Morgan fingerprint density at radius 2 is 1.52 bits per heavy atom. The second-order valence-electron chi connectivity index (χ2n) is 8.21. The highest BCUT2D eigenvalue weighted by molar-refractivity contribution is 5.95. The van der Waals surface area contributed by atoms with Crippen molar-refractivity contribution in [2.24, 2.45) is 0 Å². The molecular weight excluding hydrogens is 392 g/mol. The fraction of sp³-hybridized carbons (Fsp3) is 0.375. The molecule has 1 fully saturated rings. The molecule has 0 atom stereocenters. The number of nitrogens with zero attached hydrogens (tertiary/aromatic N) is 2. The Bertz CT molecular complexity index is 965. The van der Waals surface area contributed by atoms with Crippen molar-refractivity contribution >= 4 is 23.5 Å². The Hall–Kier alpha value is -3.35. The van der Waals surface area contributed by atoms with Crippen LogP contribution in [0.1, 0.15) is 41.3 Å². The highest BCUT2D eigenvalue weighted by Gasteiger charge is 2.27. The van der Waals surface area contributed by atoms with Crippen molar-refractivity contribution in [2.45, 2.75) is 38.8 Å². The minimum atomic E-state index is -0.159. The van der Waals surface area contributed by atoms with Gasteiger partial charge in [-0.1, -0.05) is 24.3 Å². The fourth-order valence-corrected chi connectivity index (χ4v) is 4.15. The van der Waals surface area contributed by atoms with Crippen LogP contribution in [0.2, 0.25) is 0 Å². The van der Waals surface area contributed by atoms with E-state index < -0.39 is 0 Å². The lowest BCUT2D eigenvalue weighted by Crippen LogP contribution is -2.51. The second-order valence-corrected chi connectivity index (χ2v) is 8.21. The maximum atomic E-state index is 12.7. The van der Waals surface area contributed by atoms with Gasteiger partial charge in [0.1, 0.15) is 0 Å². The lowest BCUT2D eigenvalue weighted by Gasteiger charge is -2.35. The molecule has 0 aromatic heterocycles. The molecule has 2 aliphatic rings. The number of anilines is 1. The molecule has 0 aliphatic carbocycles. The number of urea groups is 2. The summed E-state index contributed by atoms with van der Waals surface area (Å²) in [5, 5.41) is 6.02. The van der Waals surface area contributed by atoms with E-state index >= 15 is 0 Å². The number of fused-ring (bicyclic) bond motifs is 1. The third-order valence-corrected chi connectivity index (χ3v) is 6.07. The summed E-state index contributed by atoms with van der Waals surface area (Å²) in [5.41, 5.74) is 3.82. The first-order valence-electron chi connectivity index (χ1n) is 10.8. The number of amides is 4. The first kappa shape index (κ1) is 20.9. The Morgan fingerprint density at radius 1 is 0.839 bits per heavy atom. The highest BCUT2D eigenvalue weighted by Crippen LogP contribution is 2.19. The topological polar surface area (TPSA) is 81.8 Å². The molecule has 0 bridgehead atoms. The zero-order chi connectivity index (χ0) is 21.8. The number of carbonyl (C=O) groups excluding carboxylic acids is 3. The molecule has 1 saturated heterocycles. The molecular formula is C24H28N4O3. The van der Waals surface area contributed by atoms with E-state index in [1.54, 1.807) is 29.2 Å². The first-order chi connectivity index (χ1) is 15.0. The van der Waals surface area contributed by atoms with Crippen LogP contribution in [0.5, 0.6) is 0 Å². The zero-order valence-corrected chi connectivity index (χ0v) is 17.8. The van der Waals surface area contributed by atoms with Crippen LogP contribution in [0, 0.1) is 0 Å². The summed E-state index contributed by atoms with van der Waals surface area (Å²) >= 11 is 0. The minimum Gasteiger partial charge on any atom is -0.335 e. The minimum absolute atomic E-state index is 0.00393. The maximum absolute atomic E-state index is 12.7. The molecule has 0 spiro atoms. The highest BCUT2D eigenvalue weighted by atomic mass is 16.2. The second kappa shape index (κ2) is 9.20. The molecule has 0 unspecified atom stereocenters. The van der Waals surface area contributed by atoms with E-state index in [0.717, 1.165) is 25.8 Å². The normalized spacial score (nSPS) is 16.4. The quantitative estimate of drug-likeness (QED) is 0.744. The van der Waals surface area contributed by atoms with Gasteiger partial charge in [-0.25, -0.2) is 9.59 Å². The molecule has 4 rings (SSSR count). The fourth-order valence-electron chi connectivity index (χ4n) is 4.15. The van der Waals surface area contributed by atoms with Crippen LogP contribution >= 0.6 is 0 Å². The number of benzene rings is 2. The van der Waals surface area contributed by atoms with E-state index in [4.69, 9.17) is 0 Å². The van der Waals surface area contributed by atoms with Gasteiger partial charge < -0.3 is 20.4 Å². The molecule has 0 radical (unpaired) electrons. The average molecular weight is 421 g/mol. The van der Waals surface area contributed by atoms with Gasteiger partial charge in [0.25, 0.3) is 0 Å². The van der Waals surface area contributed by atoms with Crippen molar-refractivity contribution in [3.8, 4) is 0 Å². The molecule has 162 valence electrons.